The van der Waals surface area contributed by atoms with E-state index in [0.717, 1.165) is 29.4 Å². The van der Waals surface area contributed by atoms with E-state index in [1.807, 2.05) is 44.2 Å². The molecule has 45 heavy (non-hydrogen) atoms. The van der Waals surface area contributed by atoms with E-state index < -0.39 is 54.2 Å². The van der Waals surface area contributed by atoms with Crippen molar-refractivity contribution in [3.05, 3.63) is 35.9 Å². The fourth-order valence-electron chi connectivity index (χ4n) is 5.74. The van der Waals surface area contributed by atoms with Gasteiger partial charge < -0.3 is 31.3 Å². The van der Waals surface area contributed by atoms with Crippen LogP contribution in [0.5, 0.6) is 0 Å². The molecule has 0 aliphatic carbocycles. The molecule has 2 rings (SSSR count). The molecule has 6 N–H and O–H groups in total. The van der Waals surface area contributed by atoms with Crippen LogP contribution in [0.1, 0.15) is 70.8 Å². The summed E-state index contributed by atoms with van der Waals surface area (Å²) < 4.78 is 0.759. The molecule has 11 heteroatoms. The van der Waals surface area contributed by atoms with Gasteiger partial charge in [-0.25, -0.2) is 0 Å². The monoisotopic (exact) mass is 630 g/mol. The number of hydrogen-bond donors (Lipinski definition) is 5. The minimum absolute atomic E-state index is 0.0911. The zero-order valence-corrected chi connectivity index (χ0v) is 27.8. The molecule has 0 bridgehead atoms. The Labute approximate surface area is 268 Å². The summed E-state index contributed by atoms with van der Waals surface area (Å²) in [7, 11) is 6.25. The Hall–Kier alpha value is -3.15. The van der Waals surface area contributed by atoms with Crippen molar-refractivity contribution in [2.24, 2.45) is 23.5 Å². The molecule has 1 heterocycles. The lowest BCUT2D eigenvalue weighted by atomic mass is 9.88. The summed E-state index contributed by atoms with van der Waals surface area (Å²) in [4.78, 5) is 65.6. The molecule has 11 nitrogen and oxygen atoms in total. The summed E-state index contributed by atoms with van der Waals surface area (Å²) in [6.45, 7) is 4.93. The Kier molecular flexibility index (Phi) is 15.8. The quantitative estimate of drug-likeness (QED) is 0.101. The van der Waals surface area contributed by atoms with Crippen LogP contribution in [0.2, 0.25) is 0 Å². The van der Waals surface area contributed by atoms with Crippen LogP contribution in [-0.4, -0.2) is 97.8 Å². The number of primary amides is 1. The molecule has 0 spiro atoms. The number of amides is 3. The Balaban J connectivity index is 2.25. The lowest BCUT2D eigenvalue weighted by Crippen LogP contribution is -2.51. The van der Waals surface area contributed by atoms with Gasteiger partial charge in [0.15, 0.2) is 11.6 Å². The van der Waals surface area contributed by atoms with Crippen molar-refractivity contribution in [2.45, 2.75) is 89.8 Å². The number of unbranched alkanes of at least 4 members (excludes halogenated alkanes) is 1. The summed E-state index contributed by atoms with van der Waals surface area (Å²) in [5, 5.41) is 18.6. The van der Waals surface area contributed by atoms with E-state index in [1.165, 1.54) is 0 Å². The first-order valence-electron chi connectivity index (χ1n) is 16.3. The molecule has 1 saturated heterocycles. The van der Waals surface area contributed by atoms with E-state index in [1.54, 1.807) is 0 Å². The van der Waals surface area contributed by atoms with Gasteiger partial charge in [-0.2, -0.15) is 0 Å². The van der Waals surface area contributed by atoms with Crippen molar-refractivity contribution in [3.8, 4) is 0 Å². The first kappa shape index (κ1) is 38.0. The second-order valence-electron chi connectivity index (χ2n) is 13.9. The zero-order chi connectivity index (χ0) is 33.6. The van der Waals surface area contributed by atoms with Crippen LogP contribution < -0.4 is 21.7 Å². The van der Waals surface area contributed by atoms with Gasteiger partial charge >= 0.3 is 0 Å². The van der Waals surface area contributed by atoms with Crippen LogP contribution >= 0.6 is 0 Å². The number of nitrogens with two attached hydrogens (primary N) is 1. The fourth-order valence-corrected chi connectivity index (χ4v) is 5.74. The number of aliphatic hydroxyl groups excluding tert-OH is 1. The molecule has 5 atom stereocenters. The fraction of sp³-hybridized carbons (Fsp3) is 0.676. The molecule has 3 amide bonds. The second-order valence-corrected chi connectivity index (χ2v) is 13.9. The molecule has 1 aromatic carbocycles. The Morgan fingerprint density at radius 1 is 0.956 bits per heavy atom. The van der Waals surface area contributed by atoms with Crippen LogP contribution in [0.3, 0.4) is 0 Å². The van der Waals surface area contributed by atoms with Crippen molar-refractivity contribution >= 4 is 29.3 Å². The molecule has 1 aromatic rings. The van der Waals surface area contributed by atoms with Crippen LogP contribution in [0.15, 0.2) is 30.3 Å². The number of benzene rings is 1. The summed E-state index contributed by atoms with van der Waals surface area (Å²) in [5.74, 6) is -3.33. The number of Topliss-reactive ketones (excluding diaryl/α,β-unsaturated/α-hetero) is 2. The molecule has 0 saturated carbocycles. The Bertz CT molecular complexity index is 1110. The number of quaternary nitrogens is 1. The third kappa shape index (κ3) is 14.2. The van der Waals surface area contributed by atoms with Gasteiger partial charge in [0.1, 0.15) is 6.04 Å². The van der Waals surface area contributed by atoms with Crippen molar-refractivity contribution in [1.82, 2.24) is 16.0 Å². The van der Waals surface area contributed by atoms with Crippen LogP contribution in [0.25, 0.3) is 0 Å². The minimum Gasteiger partial charge on any atom is -0.394 e. The Morgan fingerprint density at radius 2 is 1.60 bits per heavy atom. The highest BCUT2D eigenvalue weighted by Crippen LogP contribution is 2.20. The third-order valence-corrected chi connectivity index (χ3v) is 8.31. The average molecular weight is 631 g/mol. The van der Waals surface area contributed by atoms with Crippen molar-refractivity contribution < 1.29 is 33.6 Å². The molecular weight excluding hydrogens is 574 g/mol. The minimum atomic E-state index is -1.13. The summed E-state index contributed by atoms with van der Waals surface area (Å²) in [6.07, 6.45) is 3.82. The number of carbonyl (C=O) groups excluding carboxylic acids is 5. The van der Waals surface area contributed by atoms with Crippen LogP contribution in [-0.2, 0) is 30.4 Å². The molecule has 1 fully saturated rings. The predicted octanol–water partition coefficient (Wildman–Crippen LogP) is 1.50. The standard InChI is InChI=1S/C34H55N5O6/c1-23(2)18-26(32(35)43)21-30(41)28(19-24-12-7-6-8-13-24)37-33(44)25(14-9-10-17-39(3,4)5)20-31(42)29(22-40)38-34(45)27-15-11-16-36-27/h6-8,12-13,23,25-29,36,40H,9-11,14-22H2,1-5H3,(H3-,35,37,38,43,44,45)/p+1/t25-,26-,27+,28+,29+/m1/s1. The van der Waals surface area contributed by atoms with Gasteiger partial charge in [0.05, 0.1) is 46.4 Å². The zero-order valence-electron chi connectivity index (χ0n) is 27.8. The SMILES string of the molecule is CC(C)C[C@H](CC(=O)[C@H](Cc1ccccc1)NC(=O)[C@H](CCCC[N+](C)(C)C)CC(=O)[C@H](CO)NC(=O)[C@@H]1CCCN1)C(N)=O. The molecule has 0 unspecified atom stereocenters. The first-order chi connectivity index (χ1) is 21.2. The van der Waals surface area contributed by atoms with Crippen molar-refractivity contribution in [2.75, 3.05) is 40.8 Å². The highest BCUT2D eigenvalue weighted by Gasteiger charge is 2.33. The van der Waals surface area contributed by atoms with Crippen LogP contribution in [0, 0.1) is 17.8 Å². The lowest BCUT2D eigenvalue weighted by Gasteiger charge is -2.26. The van der Waals surface area contributed by atoms with Gasteiger partial charge in [-0.3, -0.25) is 24.0 Å². The lowest BCUT2D eigenvalue weighted by molar-refractivity contribution is -0.870. The maximum atomic E-state index is 13.8. The van der Waals surface area contributed by atoms with Gasteiger partial charge in [-0.05, 0) is 63.0 Å². The molecule has 1 aliphatic rings. The maximum Gasteiger partial charge on any atom is 0.237 e. The van der Waals surface area contributed by atoms with E-state index in [0.29, 0.717) is 32.2 Å². The number of carbonyl (C=O) groups is 5. The average Bonchev–Trinajstić information content (AvgIpc) is 3.51. The number of hydrogen-bond acceptors (Lipinski definition) is 7. The van der Waals surface area contributed by atoms with E-state index in [2.05, 4.69) is 37.1 Å². The summed E-state index contributed by atoms with van der Waals surface area (Å²) in [5.41, 5.74) is 6.48. The van der Waals surface area contributed by atoms with E-state index in [4.69, 9.17) is 5.73 Å². The summed E-state index contributed by atoms with van der Waals surface area (Å²) in [6, 6.07) is 6.84. The number of aliphatic hydroxyl groups is 1. The first-order valence-corrected chi connectivity index (χ1v) is 16.3. The van der Waals surface area contributed by atoms with Crippen LogP contribution in [0.4, 0.5) is 0 Å². The predicted molar refractivity (Wildman–Crippen MR) is 174 cm³/mol. The summed E-state index contributed by atoms with van der Waals surface area (Å²) >= 11 is 0. The third-order valence-electron chi connectivity index (χ3n) is 8.31. The van der Waals surface area contributed by atoms with E-state index in [9.17, 15) is 29.1 Å². The van der Waals surface area contributed by atoms with Crippen molar-refractivity contribution in [1.29, 1.82) is 0 Å². The highest BCUT2D eigenvalue weighted by atomic mass is 16.3. The van der Waals surface area contributed by atoms with Gasteiger partial charge in [0, 0.05) is 24.7 Å². The number of ketones is 2. The number of nitrogens with zero attached hydrogens (tertiary/aromatic N) is 1. The van der Waals surface area contributed by atoms with E-state index >= 15 is 0 Å². The molecular formula is C34H56N5O6+. The van der Waals surface area contributed by atoms with E-state index in [-0.39, 0.29) is 36.9 Å². The Morgan fingerprint density at radius 3 is 2.16 bits per heavy atom. The topological polar surface area (TPSA) is 168 Å². The molecule has 0 aromatic heterocycles. The molecule has 0 radical (unpaired) electrons. The highest BCUT2D eigenvalue weighted by molar-refractivity contribution is 5.96. The number of rotatable bonds is 21. The van der Waals surface area contributed by atoms with Gasteiger partial charge in [-0.15, -0.1) is 0 Å². The molecule has 252 valence electrons. The largest absolute Gasteiger partial charge is 0.394 e. The smallest absolute Gasteiger partial charge is 0.237 e. The second kappa shape index (κ2) is 18.7. The van der Waals surface area contributed by atoms with Crippen molar-refractivity contribution in [3.63, 3.8) is 0 Å². The van der Waals surface area contributed by atoms with Gasteiger partial charge in [-0.1, -0.05) is 44.2 Å². The van der Waals surface area contributed by atoms with Gasteiger partial charge in [0.25, 0.3) is 0 Å². The maximum absolute atomic E-state index is 13.8. The van der Waals surface area contributed by atoms with Gasteiger partial charge in [0.2, 0.25) is 17.7 Å². The number of nitrogens with one attached hydrogen (secondary N) is 3. The molecule has 1 aliphatic heterocycles. The normalized spacial score (nSPS) is 17.7.